The number of anilines is 1. The summed E-state index contributed by atoms with van der Waals surface area (Å²) in [5.74, 6) is 2.70. The predicted molar refractivity (Wildman–Crippen MR) is 111 cm³/mol. The van der Waals surface area contributed by atoms with Gasteiger partial charge in [0.05, 0.1) is 20.8 Å². The molecule has 0 aliphatic heterocycles. The highest BCUT2D eigenvalue weighted by atomic mass is 16.5. The first-order chi connectivity index (χ1) is 13.5. The molecule has 0 bridgehead atoms. The Balaban J connectivity index is 1.88. The summed E-state index contributed by atoms with van der Waals surface area (Å²) in [5, 5.41) is 5.66. The lowest BCUT2D eigenvalue weighted by Gasteiger charge is -2.14. The minimum absolute atomic E-state index is 0.285. The van der Waals surface area contributed by atoms with Gasteiger partial charge in [0.1, 0.15) is 5.75 Å². The van der Waals surface area contributed by atoms with Crippen molar-refractivity contribution in [3.8, 4) is 17.2 Å². The summed E-state index contributed by atoms with van der Waals surface area (Å²) < 4.78 is 16.3. The maximum Gasteiger partial charge on any atom is 0.319 e. The second kappa shape index (κ2) is 11.1. The van der Waals surface area contributed by atoms with Crippen molar-refractivity contribution < 1.29 is 19.0 Å². The Bertz CT molecular complexity index is 745. The lowest BCUT2D eigenvalue weighted by Crippen LogP contribution is -2.28. The predicted octanol–water partition coefficient (Wildman–Crippen LogP) is 4.84. The van der Waals surface area contributed by atoms with Crippen LogP contribution in [0.15, 0.2) is 42.5 Å². The molecule has 2 rings (SSSR count). The Labute approximate surface area is 167 Å². The summed E-state index contributed by atoms with van der Waals surface area (Å²) in [6.45, 7) is 5.41. The number of amides is 2. The molecular weight excluding hydrogens is 356 g/mol. The second-order valence-electron chi connectivity index (χ2n) is 6.91. The topological polar surface area (TPSA) is 68.8 Å². The number of hydrogen-bond acceptors (Lipinski definition) is 4. The zero-order valence-corrected chi connectivity index (χ0v) is 17.1. The molecule has 2 aromatic rings. The van der Waals surface area contributed by atoms with Crippen LogP contribution < -0.4 is 24.8 Å². The van der Waals surface area contributed by atoms with E-state index in [0.717, 1.165) is 24.2 Å². The van der Waals surface area contributed by atoms with E-state index >= 15 is 0 Å². The number of nitrogens with one attached hydrogen (secondary N) is 2. The van der Waals surface area contributed by atoms with E-state index in [1.807, 2.05) is 24.3 Å². The number of rotatable bonds is 10. The maximum absolute atomic E-state index is 12.2. The van der Waals surface area contributed by atoms with E-state index in [4.69, 9.17) is 14.2 Å². The van der Waals surface area contributed by atoms with Gasteiger partial charge in [-0.15, -0.1) is 0 Å². The van der Waals surface area contributed by atoms with Gasteiger partial charge in [-0.05, 0) is 48.6 Å². The Kier molecular flexibility index (Phi) is 8.46. The third-order valence-corrected chi connectivity index (χ3v) is 4.22. The molecule has 0 aromatic heterocycles. The van der Waals surface area contributed by atoms with E-state index in [1.54, 1.807) is 32.4 Å². The van der Waals surface area contributed by atoms with Crippen LogP contribution in [-0.4, -0.2) is 26.9 Å². The number of benzene rings is 2. The van der Waals surface area contributed by atoms with Crippen molar-refractivity contribution in [1.29, 1.82) is 0 Å². The average molecular weight is 386 g/mol. The van der Waals surface area contributed by atoms with Crippen molar-refractivity contribution in [2.24, 2.45) is 5.92 Å². The molecule has 2 aromatic carbocycles. The first-order valence-electron chi connectivity index (χ1n) is 9.50. The zero-order chi connectivity index (χ0) is 20.4. The highest BCUT2D eigenvalue weighted by Crippen LogP contribution is 2.30. The molecule has 2 N–H and O–H groups in total. The Morgan fingerprint density at radius 2 is 1.75 bits per heavy atom. The molecule has 0 saturated carbocycles. The fourth-order valence-corrected chi connectivity index (χ4v) is 2.64. The van der Waals surface area contributed by atoms with E-state index in [2.05, 4.69) is 24.5 Å². The van der Waals surface area contributed by atoms with Gasteiger partial charge >= 0.3 is 6.03 Å². The fourth-order valence-electron chi connectivity index (χ4n) is 2.64. The van der Waals surface area contributed by atoms with Crippen LogP contribution in [0.25, 0.3) is 0 Å². The monoisotopic (exact) mass is 386 g/mol. The summed E-state index contributed by atoms with van der Waals surface area (Å²) in [4.78, 5) is 12.2. The van der Waals surface area contributed by atoms with Crippen LogP contribution in [0.1, 0.15) is 32.3 Å². The summed E-state index contributed by atoms with van der Waals surface area (Å²) in [7, 11) is 3.23. The maximum atomic E-state index is 12.2. The van der Waals surface area contributed by atoms with Crippen LogP contribution >= 0.6 is 0 Å². The third kappa shape index (κ3) is 7.02. The van der Waals surface area contributed by atoms with Crippen LogP contribution in [0.3, 0.4) is 0 Å². The SMILES string of the molecule is COc1ccc(CNC(=O)Nc2ccc(OC)c(OCCCC(C)C)c2)cc1. The van der Waals surface area contributed by atoms with E-state index in [0.29, 0.717) is 36.3 Å². The van der Waals surface area contributed by atoms with E-state index in [1.165, 1.54) is 0 Å². The molecule has 0 aliphatic rings. The van der Waals surface area contributed by atoms with E-state index in [-0.39, 0.29) is 6.03 Å². The average Bonchev–Trinajstić information content (AvgIpc) is 2.70. The first kappa shape index (κ1) is 21.4. The second-order valence-corrected chi connectivity index (χ2v) is 6.91. The van der Waals surface area contributed by atoms with Crippen molar-refractivity contribution in [3.05, 3.63) is 48.0 Å². The summed E-state index contributed by atoms with van der Waals surface area (Å²) in [5.41, 5.74) is 1.63. The first-order valence-corrected chi connectivity index (χ1v) is 9.50. The number of hydrogen-bond donors (Lipinski definition) is 2. The number of ether oxygens (including phenoxy) is 3. The molecule has 0 radical (unpaired) electrons. The molecule has 0 aliphatic carbocycles. The van der Waals surface area contributed by atoms with Crippen molar-refractivity contribution in [2.75, 3.05) is 26.1 Å². The lowest BCUT2D eigenvalue weighted by atomic mass is 10.1. The largest absolute Gasteiger partial charge is 0.497 e. The van der Waals surface area contributed by atoms with Gasteiger partial charge in [0.15, 0.2) is 11.5 Å². The molecule has 0 spiro atoms. The number of methoxy groups -OCH3 is 2. The van der Waals surface area contributed by atoms with E-state index in [9.17, 15) is 4.79 Å². The molecule has 6 heteroatoms. The molecule has 152 valence electrons. The molecule has 2 amide bonds. The summed E-state index contributed by atoms with van der Waals surface area (Å²) in [6, 6.07) is 12.6. The van der Waals surface area contributed by atoms with Gasteiger partial charge in [0, 0.05) is 18.3 Å². The quantitative estimate of drug-likeness (QED) is 0.573. The Morgan fingerprint density at radius 1 is 1.00 bits per heavy atom. The van der Waals surface area contributed by atoms with E-state index < -0.39 is 0 Å². The van der Waals surface area contributed by atoms with Gasteiger partial charge in [-0.1, -0.05) is 26.0 Å². The van der Waals surface area contributed by atoms with Gasteiger partial charge in [-0.3, -0.25) is 0 Å². The molecule has 0 fully saturated rings. The van der Waals surface area contributed by atoms with Crippen molar-refractivity contribution >= 4 is 11.7 Å². The normalized spacial score (nSPS) is 10.5. The molecular formula is C22H30N2O4. The third-order valence-electron chi connectivity index (χ3n) is 4.22. The molecule has 0 heterocycles. The van der Waals surface area contributed by atoms with Crippen LogP contribution in [-0.2, 0) is 6.54 Å². The molecule has 0 saturated heterocycles. The summed E-state index contributed by atoms with van der Waals surface area (Å²) in [6.07, 6.45) is 2.08. The fraction of sp³-hybridized carbons (Fsp3) is 0.409. The van der Waals surface area contributed by atoms with Crippen molar-refractivity contribution in [2.45, 2.75) is 33.2 Å². The van der Waals surface area contributed by atoms with Gasteiger partial charge in [-0.25, -0.2) is 4.79 Å². The highest BCUT2D eigenvalue weighted by molar-refractivity contribution is 5.89. The summed E-state index contributed by atoms with van der Waals surface area (Å²) >= 11 is 0. The Hall–Kier alpha value is -2.89. The molecule has 28 heavy (non-hydrogen) atoms. The van der Waals surface area contributed by atoms with Crippen LogP contribution in [0, 0.1) is 5.92 Å². The van der Waals surface area contributed by atoms with Crippen LogP contribution in [0.4, 0.5) is 10.5 Å². The van der Waals surface area contributed by atoms with Crippen molar-refractivity contribution in [1.82, 2.24) is 5.32 Å². The smallest absolute Gasteiger partial charge is 0.319 e. The Morgan fingerprint density at radius 3 is 2.39 bits per heavy atom. The van der Waals surface area contributed by atoms with Crippen LogP contribution in [0.5, 0.6) is 17.2 Å². The number of carbonyl (C=O) groups is 1. The standard InChI is InChI=1S/C22H30N2O4/c1-16(2)6-5-13-28-21-14-18(9-12-20(21)27-4)24-22(25)23-15-17-7-10-19(26-3)11-8-17/h7-12,14,16H,5-6,13,15H2,1-4H3,(H2,23,24,25). The number of urea groups is 1. The van der Waals surface area contributed by atoms with Crippen LogP contribution in [0.2, 0.25) is 0 Å². The minimum atomic E-state index is -0.285. The lowest BCUT2D eigenvalue weighted by molar-refractivity contribution is 0.251. The number of carbonyl (C=O) groups excluding carboxylic acids is 1. The van der Waals surface area contributed by atoms with Gasteiger partial charge < -0.3 is 24.8 Å². The van der Waals surface area contributed by atoms with Crippen molar-refractivity contribution in [3.63, 3.8) is 0 Å². The van der Waals surface area contributed by atoms with Gasteiger partial charge in [-0.2, -0.15) is 0 Å². The van der Waals surface area contributed by atoms with Gasteiger partial charge in [0.2, 0.25) is 0 Å². The molecule has 6 nitrogen and oxygen atoms in total. The zero-order valence-electron chi connectivity index (χ0n) is 17.1. The molecule has 0 unspecified atom stereocenters. The molecule has 0 atom stereocenters. The van der Waals surface area contributed by atoms with Gasteiger partial charge in [0.25, 0.3) is 0 Å². The minimum Gasteiger partial charge on any atom is -0.497 e. The highest BCUT2D eigenvalue weighted by Gasteiger charge is 2.09.